The van der Waals surface area contributed by atoms with Gasteiger partial charge in [-0.05, 0) is 34.0 Å². The number of thioether (sulfide) groups is 1. The van der Waals surface area contributed by atoms with Crippen LogP contribution in [0.3, 0.4) is 0 Å². The molecule has 120 valence electrons. The lowest BCUT2D eigenvalue weighted by atomic mass is 10.4. The predicted molar refractivity (Wildman–Crippen MR) is 87.1 cm³/mol. The van der Waals surface area contributed by atoms with Gasteiger partial charge in [-0.15, -0.1) is 16.4 Å². The summed E-state index contributed by atoms with van der Waals surface area (Å²) >= 11 is 2.98. The summed E-state index contributed by atoms with van der Waals surface area (Å²) in [6, 6.07) is 7.67. The van der Waals surface area contributed by atoms with Crippen LogP contribution in [-0.2, 0) is 17.9 Å². The first-order chi connectivity index (χ1) is 11.2. The van der Waals surface area contributed by atoms with Crippen LogP contribution in [-0.4, -0.2) is 43.8 Å². The van der Waals surface area contributed by atoms with Crippen molar-refractivity contribution >= 4 is 29.0 Å². The number of aromatic nitrogens is 4. The molecule has 0 saturated heterocycles. The van der Waals surface area contributed by atoms with Crippen molar-refractivity contribution in [3.63, 3.8) is 0 Å². The number of furan rings is 1. The van der Waals surface area contributed by atoms with Crippen LogP contribution in [0.25, 0.3) is 0 Å². The van der Waals surface area contributed by atoms with Crippen LogP contribution in [0, 0.1) is 0 Å². The van der Waals surface area contributed by atoms with Crippen LogP contribution in [0.4, 0.5) is 0 Å². The first-order valence-electron chi connectivity index (χ1n) is 6.90. The molecule has 0 fully saturated rings. The second kappa shape index (κ2) is 7.42. The Bertz CT molecular complexity index is 739. The topological polar surface area (TPSA) is 77.1 Å². The second-order valence-corrected chi connectivity index (χ2v) is 6.79. The number of thiophene rings is 1. The summed E-state index contributed by atoms with van der Waals surface area (Å²) < 4.78 is 6.95. The first kappa shape index (κ1) is 15.8. The van der Waals surface area contributed by atoms with Crippen molar-refractivity contribution in [2.75, 3.05) is 12.8 Å². The molecule has 0 spiro atoms. The van der Waals surface area contributed by atoms with Gasteiger partial charge in [-0.25, -0.2) is 4.68 Å². The molecule has 0 bridgehead atoms. The third kappa shape index (κ3) is 4.20. The highest BCUT2D eigenvalue weighted by atomic mass is 32.2. The number of hydrogen-bond donors (Lipinski definition) is 0. The number of tetrazole rings is 1. The van der Waals surface area contributed by atoms with E-state index in [1.165, 1.54) is 16.6 Å². The van der Waals surface area contributed by atoms with Crippen molar-refractivity contribution < 1.29 is 9.21 Å². The minimum atomic E-state index is -0.00271. The fourth-order valence-corrected chi connectivity index (χ4v) is 3.41. The van der Waals surface area contributed by atoms with Gasteiger partial charge in [0.15, 0.2) is 0 Å². The molecule has 0 unspecified atom stereocenters. The molecule has 0 radical (unpaired) electrons. The molecular weight excluding hydrogens is 334 g/mol. The van der Waals surface area contributed by atoms with Crippen LogP contribution in [0.2, 0.25) is 0 Å². The maximum absolute atomic E-state index is 12.2. The molecule has 0 aromatic carbocycles. The van der Waals surface area contributed by atoms with Crippen molar-refractivity contribution in [2.24, 2.45) is 0 Å². The molecule has 3 heterocycles. The lowest BCUT2D eigenvalue weighted by molar-refractivity contribution is -0.127. The highest BCUT2D eigenvalue weighted by Gasteiger charge is 2.14. The van der Waals surface area contributed by atoms with Crippen LogP contribution < -0.4 is 0 Å². The molecule has 7 nitrogen and oxygen atoms in total. The zero-order chi connectivity index (χ0) is 16.1. The van der Waals surface area contributed by atoms with Gasteiger partial charge in [0.2, 0.25) is 11.1 Å². The Hall–Kier alpha value is -2.13. The van der Waals surface area contributed by atoms with Gasteiger partial charge in [-0.2, -0.15) is 0 Å². The average molecular weight is 349 g/mol. The van der Waals surface area contributed by atoms with Gasteiger partial charge < -0.3 is 9.32 Å². The van der Waals surface area contributed by atoms with E-state index in [9.17, 15) is 4.79 Å². The van der Waals surface area contributed by atoms with Crippen LogP contribution in [0.15, 0.2) is 45.5 Å². The molecule has 0 aliphatic carbocycles. The molecule has 0 aliphatic heterocycles. The lowest BCUT2D eigenvalue weighted by Gasteiger charge is -2.15. The monoisotopic (exact) mass is 349 g/mol. The predicted octanol–water partition coefficient (Wildman–Crippen LogP) is 2.13. The van der Waals surface area contributed by atoms with Crippen LogP contribution >= 0.6 is 23.1 Å². The van der Waals surface area contributed by atoms with Gasteiger partial charge in [0, 0.05) is 11.9 Å². The Morgan fingerprint density at radius 1 is 1.43 bits per heavy atom. The van der Waals surface area contributed by atoms with E-state index in [4.69, 9.17) is 4.42 Å². The Morgan fingerprint density at radius 2 is 2.35 bits per heavy atom. The van der Waals surface area contributed by atoms with E-state index >= 15 is 0 Å². The minimum Gasteiger partial charge on any atom is -0.467 e. The summed E-state index contributed by atoms with van der Waals surface area (Å²) in [7, 11) is 1.75. The van der Waals surface area contributed by atoms with Gasteiger partial charge in [0.25, 0.3) is 0 Å². The fourth-order valence-electron chi connectivity index (χ4n) is 1.91. The molecule has 1 amide bonds. The Kier molecular flexibility index (Phi) is 5.09. The fraction of sp³-hybridized carbons (Fsp3) is 0.286. The summed E-state index contributed by atoms with van der Waals surface area (Å²) in [4.78, 5) is 15.0. The van der Waals surface area contributed by atoms with Gasteiger partial charge in [-0.1, -0.05) is 17.8 Å². The van der Waals surface area contributed by atoms with Crippen LogP contribution in [0.5, 0.6) is 0 Å². The number of rotatable bonds is 7. The van der Waals surface area contributed by atoms with Gasteiger partial charge in [-0.3, -0.25) is 4.79 Å². The number of carbonyl (C=O) groups is 1. The molecule has 0 N–H and O–H groups in total. The largest absolute Gasteiger partial charge is 0.467 e. The Balaban J connectivity index is 1.54. The van der Waals surface area contributed by atoms with E-state index in [0.717, 1.165) is 5.76 Å². The Morgan fingerprint density at radius 3 is 3.09 bits per heavy atom. The minimum absolute atomic E-state index is 0.00271. The smallest absolute Gasteiger partial charge is 0.233 e. The first-order valence-corrected chi connectivity index (χ1v) is 8.76. The summed E-state index contributed by atoms with van der Waals surface area (Å²) in [5.41, 5.74) is 0. The van der Waals surface area contributed by atoms with Crippen molar-refractivity contribution in [3.05, 3.63) is 46.5 Å². The molecule has 0 aliphatic rings. The number of hydrogen-bond acceptors (Lipinski definition) is 7. The molecule has 3 rings (SSSR count). The molecule has 3 aromatic heterocycles. The van der Waals surface area contributed by atoms with E-state index in [2.05, 4.69) is 15.5 Å². The third-order valence-corrected chi connectivity index (χ3v) is 4.91. The van der Waals surface area contributed by atoms with Gasteiger partial charge in [0.1, 0.15) is 5.76 Å². The normalized spacial score (nSPS) is 10.8. The van der Waals surface area contributed by atoms with Crippen molar-refractivity contribution in [2.45, 2.75) is 18.2 Å². The molecule has 9 heteroatoms. The van der Waals surface area contributed by atoms with Crippen molar-refractivity contribution in [3.8, 4) is 0 Å². The number of nitrogens with zero attached hydrogens (tertiary/aromatic N) is 5. The maximum Gasteiger partial charge on any atom is 0.233 e. The maximum atomic E-state index is 12.2. The standard InChI is InChI=1S/C14H15N5O2S2/c1-18(8-11-4-2-6-21-11)13(20)10-23-14-15-16-17-19(14)9-12-5-3-7-22-12/h2-7H,8-10H2,1H3. The SMILES string of the molecule is CN(Cc1ccco1)C(=O)CSc1nnnn1Cc1cccs1. The van der Waals surface area contributed by atoms with E-state index < -0.39 is 0 Å². The second-order valence-electron chi connectivity index (χ2n) is 4.82. The molecule has 23 heavy (non-hydrogen) atoms. The summed E-state index contributed by atoms with van der Waals surface area (Å²) in [5, 5.41) is 14.3. The number of carbonyl (C=O) groups excluding carboxylic acids is 1. The lowest BCUT2D eigenvalue weighted by Crippen LogP contribution is -2.27. The quantitative estimate of drug-likeness (QED) is 0.608. The number of amides is 1. The highest BCUT2D eigenvalue weighted by molar-refractivity contribution is 7.99. The van der Waals surface area contributed by atoms with Crippen molar-refractivity contribution in [1.29, 1.82) is 0 Å². The summed E-state index contributed by atoms with van der Waals surface area (Å²) in [6.45, 7) is 1.07. The molecule has 0 atom stereocenters. The van der Waals surface area contributed by atoms with E-state index in [-0.39, 0.29) is 11.7 Å². The summed E-state index contributed by atoms with van der Waals surface area (Å²) in [5.74, 6) is 1.03. The van der Waals surface area contributed by atoms with Gasteiger partial charge in [0.05, 0.1) is 25.1 Å². The Labute approximate surface area is 141 Å². The zero-order valence-corrected chi connectivity index (χ0v) is 14.1. The van der Waals surface area contributed by atoms with Gasteiger partial charge >= 0.3 is 0 Å². The van der Waals surface area contributed by atoms with E-state index in [1.807, 2.05) is 23.6 Å². The highest BCUT2D eigenvalue weighted by Crippen LogP contribution is 2.17. The average Bonchev–Trinajstić information content (AvgIpc) is 3.28. The van der Waals surface area contributed by atoms with E-state index in [0.29, 0.717) is 18.2 Å². The zero-order valence-electron chi connectivity index (χ0n) is 12.5. The molecule has 0 saturated carbocycles. The molecule has 3 aromatic rings. The molecular formula is C14H15N5O2S2. The van der Waals surface area contributed by atoms with E-state index in [1.54, 1.807) is 40.3 Å². The summed E-state index contributed by atoms with van der Waals surface area (Å²) in [6.07, 6.45) is 1.60. The van der Waals surface area contributed by atoms with Crippen molar-refractivity contribution in [1.82, 2.24) is 25.1 Å². The third-order valence-electron chi connectivity index (χ3n) is 3.11. The van der Waals surface area contributed by atoms with Crippen LogP contribution in [0.1, 0.15) is 10.6 Å².